The molecule has 0 unspecified atom stereocenters. The lowest BCUT2D eigenvalue weighted by atomic mass is 10.3. The van der Waals surface area contributed by atoms with Crippen LogP contribution in [0, 0.1) is 0 Å². The maximum Gasteiger partial charge on any atom is 0.0593 e. The van der Waals surface area contributed by atoms with Gasteiger partial charge in [0, 0.05) is 37.9 Å². The van der Waals surface area contributed by atoms with Crippen LogP contribution in [0.1, 0.15) is 18.9 Å². The number of nitrogens with zero attached hydrogens (tertiary/aromatic N) is 3. The summed E-state index contributed by atoms with van der Waals surface area (Å²) in [7, 11) is 4.10. The van der Waals surface area contributed by atoms with Crippen molar-refractivity contribution >= 4 is 0 Å². The first kappa shape index (κ1) is 15.1. The summed E-state index contributed by atoms with van der Waals surface area (Å²) in [6, 6.07) is 0. The van der Waals surface area contributed by atoms with E-state index in [0.717, 1.165) is 45.8 Å². The van der Waals surface area contributed by atoms with Crippen molar-refractivity contribution in [3.8, 4) is 0 Å². The Bertz CT molecular complexity index is 312. The molecule has 0 radical (unpaired) electrons. The van der Waals surface area contributed by atoms with E-state index in [9.17, 15) is 0 Å². The molecule has 0 aliphatic carbocycles. The Labute approximate surface area is 110 Å². The quantitative estimate of drug-likeness (QED) is 0.632. The zero-order valence-electron chi connectivity index (χ0n) is 11.9. The van der Waals surface area contributed by atoms with E-state index < -0.39 is 0 Å². The fourth-order valence-corrected chi connectivity index (χ4v) is 1.58. The van der Waals surface area contributed by atoms with Crippen LogP contribution >= 0.6 is 0 Å². The highest BCUT2D eigenvalue weighted by atomic mass is 16.5. The van der Waals surface area contributed by atoms with Crippen molar-refractivity contribution in [2.75, 3.05) is 40.4 Å². The van der Waals surface area contributed by atoms with Gasteiger partial charge in [-0.3, -0.25) is 4.68 Å². The number of rotatable bonds is 10. The Hall–Kier alpha value is -0.910. The van der Waals surface area contributed by atoms with Gasteiger partial charge in [-0.15, -0.1) is 0 Å². The molecule has 0 aliphatic rings. The summed E-state index contributed by atoms with van der Waals surface area (Å²) in [6.07, 6.45) is 5.15. The SMILES string of the molecule is CCCn1cc(CNCCOCCN(C)C)cn1. The lowest BCUT2D eigenvalue weighted by Crippen LogP contribution is -2.22. The Morgan fingerprint density at radius 3 is 2.94 bits per heavy atom. The first-order valence-corrected chi connectivity index (χ1v) is 6.67. The van der Waals surface area contributed by atoms with Gasteiger partial charge in [0.2, 0.25) is 0 Å². The van der Waals surface area contributed by atoms with Gasteiger partial charge in [-0.1, -0.05) is 6.92 Å². The lowest BCUT2D eigenvalue weighted by Gasteiger charge is -2.09. The number of likely N-dealkylation sites (N-methyl/N-ethyl adjacent to an activating group) is 1. The molecule has 5 nitrogen and oxygen atoms in total. The molecule has 5 heteroatoms. The molecule has 0 atom stereocenters. The summed E-state index contributed by atoms with van der Waals surface area (Å²) in [5.74, 6) is 0. The lowest BCUT2D eigenvalue weighted by molar-refractivity contribution is 0.119. The number of nitrogens with one attached hydrogen (secondary N) is 1. The van der Waals surface area contributed by atoms with Gasteiger partial charge in [-0.25, -0.2) is 0 Å². The van der Waals surface area contributed by atoms with Crippen LogP contribution in [0.3, 0.4) is 0 Å². The molecule has 0 fully saturated rings. The van der Waals surface area contributed by atoms with Crippen molar-refractivity contribution in [3.05, 3.63) is 18.0 Å². The minimum absolute atomic E-state index is 0.761. The predicted molar refractivity (Wildman–Crippen MR) is 73.6 cm³/mol. The largest absolute Gasteiger partial charge is 0.379 e. The van der Waals surface area contributed by atoms with E-state index in [1.54, 1.807) is 0 Å². The van der Waals surface area contributed by atoms with Crippen molar-refractivity contribution in [2.45, 2.75) is 26.4 Å². The Kier molecular flexibility index (Phi) is 7.64. The molecular formula is C13H26N4O. The van der Waals surface area contributed by atoms with Crippen molar-refractivity contribution in [1.82, 2.24) is 20.0 Å². The van der Waals surface area contributed by atoms with Gasteiger partial charge in [-0.05, 0) is 20.5 Å². The summed E-state index contributed by atoms with van der Waals surface area (Å²) in [5.41, 5.74) is 1.23. The maximum atomic E-state index is 5.50. The molecule has 18 heavy (non-hydrogen) atoms. The third kappa shape index (κ3) is 6.74. The second-order valence-corrected chi connectivity index (χ2v) is 4.70. The van der Waals surface area contributed by atoms with Crippen LogP contribution in [-0.2, 0) is 17.8 Å². The standard InChI is InChI=1S/C13H26N4O/c1-4-6-17-12-13(11-15-17)10-14-5-8-18-9-7-16(2)3/h11-12,14H,4-10H2,1-3H3. The minimum atomic E-state index is 0.761. The number of hydrogen-bond acceptors (Lipinski definition) is 4. The molecule has 0 saturated heterocycles. The second-order valence-electron chi connectivity index (χ2n) is 4.70. The Balaban J connectivity index is 2.00. The molecule has 0 amide bonds. The van der Waals surface area contributed by atoms with Crippen molar-refractivity contribution in [1.29, 1.82) is 0 Å². The van der Waals surface area contributed by atoms with Gasteiger partial charge in [0.05, 0.1) is 19.4 Å². The van der Waals surface area contributed by atoms with Gasteiger partial charge >= 0.3 is 0 Å². The van der Waals surface area contributed by atoms with Crippen LogP contribution in [0.2, 0.25) is 0 Å². The van der Waals surface area contributed by atoms with E-state index in [0.29, 0.717) is 0 Å². The summed E-state index contributed by atoms with van der Waals surface area (Å²) >= 11 is 0. The summed E-state index contributed by atoms with van der Waals surface area (Å²) in [4.78, 5) is 2.12. The van der Waals surface area contributed by atoms with Crippen LogP contribution in [0.4, 0.5) is 0 Å². The van der Waals surface area contributed by atoms with Gasteiger partial charge in [-0.2, -0.15) is 5.10 Å². The third-order valence-corrected chi connectivity index (χ3v) is 2.57. The van der Waals surface area contributed by atoms with Crippen molar-refractivity contribution in [2.24, 2.45) is 0 Å². The van der Waals surface area contributed by atoms with E-state index in [1.165, 1.54) is 5.56 Å². The van der Waals surface area contributed by atoms with E-state index >= 15 is 0 Å². The normalized spacial score (nSPS) is 11.3. The zero-order valence-corrected chi connectivity index (χ0v) is 11.9. The molecule has 0 bridgehead atoms. The summed E-state index contributed by atoms with van der Waals surface area (Å²) in [6.45, 7) is 7.43. The van der Waals surface area contributed by atoms with Gasteiger partial charge in [0.25, 0.3) is 0 Å². The number of ether oxygens (including phenoxy) is 1. The molecule has 0 spiro atoms. The Morgan fingerprint density at radius 1 is 1.39 bits per heavy atom. The Morgan fingerprint density at radius 2 is 2.22 bits per heavy atom. The van der Waals surface area contributed by atoms with Crippen molar-refractivity contribution in [3.63, 3.8) is 0 Å². The molecule has 1 rings (SSSR count). The fraction of sp³-hybridized carbons (Fsp3) is 0.769. The number of aromatic nitrogens is 2. The minimum Gasteiger partial charge on any atom is -0.379 e. The molecule has 0 aromatic carbocycles. The highest BCUT2D eigenvalue weighted by Crippen LogP contribution is 1.97. The second kappa shape index (κ2) is 9.08. The molecule has 1 heterocycles. The van der Waals surface area contributed by atoms with Gasteiger partial charge < -0.3 is 15.0 Å². The summed E-state index contributed by atoms with van der Waals surface area (Å²) in [5, 5.41) is 7.65. The maximum absolute atomic E-state index is 5.50. The highest BCUT2D eigenvalue weighted by molar-refractivity contribution is 5.03. The average Bonchev–Trinajstić information content (AvgIpc) is 2.76. The van der Waals surface area contributed by atoms with E-state index in [-0.39, 0.29) is 0 Å². The van der Waals surface area contributed by atoms with Crippen LogP contribution < -0.4 is 5.32 Å². The summed E-state index contributed by atoms with van der Waals surface area (Å²) < 4.78 is 7.49. The average molecular weight is 254 g/mol. The third-order valence-electron chi connectivity index (χ3n) is 2.57. The highest BCUT2D eigenvalue weighted by Gasteiger charge is 1.97. The topological polar surface area (TPSA) is 42.3 Å². The molecule has 1 aromatic rings. The fourth-order valence-electron chi connectivity index (χ4n) is 1.58. The van der Waals surface area contributed by atoms with E-state index in [2.05, 4.69) is 42.5 Å². The monoisotopic (exact) mass is 254 g/mol. The van der Waals surface area contributed by atoms with Crippen LogP contribution in [0.25, 0.3) is 0 Å². The molecular weight excluding hydrogens is 228 g/mol. The van der Waals surface area contributed by atoms with Crippen LogP contribution in [0.15, 0.2) is 12.4 Å². The van der Waals surface area contributed by atoms with E-state index in [1.807, 2.05) is 10.9 Å². The van der Waals surface area contributed by atoms with Gasteiger partial charge in [0.1, 0.15) is 0 Å². The van der Waals surface area contributed by atoms with Crippen LogP contribution in [-0.4, -0.2) is 55.1 Å². The van der Waals surface area contributed by atoms with E-state index in [4.69, 9.17) is 4.74 Å². The first-order chi connectivity index (χ1) is 8.72. The van der Waals surface area contributed by atoms with Crippen molar-refractivity contribution < 1.29 is 4.74 Å². The first-order valence-electron chi connectivity index (χ1n) is 6.67. The molecule has 1 aromatic heterocycles. The smallest absolute Gasteiger partial charge is 0.0593 e. The number of hydrogen-bond donors (Lipinski definition) is 1. The zero-order chi connectivity index (χ0) is 13.2. The molecule has 1 N–H and O–H groups in total. The molecule has 0 saturated carbocycles. The van der Waals surface area contributed by atoms with Crippen LogP contribution in [0.5, 0.6) is 0 Å². The number of aryl methyl sites for hydroxylation is 1. The molecule has 104 valence electrons. The van der Waals surface area contributed by atoms with Gasteiger partial charge in [0.15, 0.2) is 0 Å². The predicted octanol–water partition coefficient (Wildman–Crippen LogP) is 0.961. The molecule has 0 aliphatic heterocycles.